The summed E-state index contributed by atoms with van der Waals surface area (Å²) in [7, 11) is 0. The Labute approximate surface area is 103 Å². The van der Waals surface area contributed by atoms with Crippen LogP contribution in [0.1, 0.15) is 21.6 Å². The Bertz CT molecular complexity index is 591. The van der Waals surface area contributed by atoms with E-state index in [0.717, 1.165) is 5.56 Å². The first kappa shape index (κ1) is 12.0. The molecule has 18 heavy (non-hydrogen) atoms. The first-order valence-corrected chi connectivity index (χ1v) is 5.29. The van der Waals surface area contributed by atoms with E-state index in [-0.39, 0.29) is 11.4 Å². The monoisotopic (exact) mass is 243 g/mol. The molecule has 0 saturated heterocycles. The highest BCUT2D eigenvalue weighted by Gasteiger charge is 2.07. The molecule has 1 aromatic carbocycles. The molecule has 0 aliphatic heterocycles. The van der Waals surface area contributed by atoms with Gasteiger partial charge in [-0.25, -0.2) is 9.18 Å². The Hall–Kier alpha value is -2.49. The normalized spacial score (nSPS) is 10.7. The van der Waals surface area contributed by atoms with Crippen LogP contribution in [0.15, 0.2) is 42.6 Å². The largest absolute Gasteiger partial charge is 0.478 e. The van der Waals surface area contributed by atoms with Crippen LogP contribution in [0, 0.1) is 5.82 Å². The van der Waals surface area contributed by atoms with E-state index in [1.54, 1.807) is 30.4 Å². The molecule has 0 saturated carbocycles. The number of carboxylic acid groups (broad SMARTS) is 1. The Balaban J connectivity index is 2.29. The predicted molar refractivity (Wildman–Crippen MR) is 66.5 cm³/mol. The quantitative estimate of drug-likeness (QED) is 0.901. The van der Waals surface area contributed by atoms with Gasteiger partial charge in [0, 0.05) is 6.20 Å². The fraction of sp³-hybridized carbons (Fsp3) is 0. The molecule has 0 amide bonds. The fourth-order valence-electron chi connectivity index (χ4n) is 1.48. The number of aromatic nitrogens is 1. The van der Waals surface area contributed by atoms with Crippen molar-refractivity contribution < 1.29 is 14.3 Å². The molecule has 0 bridgehead atoms. The van der Waals surface area contributed by atoms with E-state index in [4.69, 9.17) is 5.11 Å². The van der Waals surface area contributed by atoms with Crippen LogP contribution in [0.25, 0.3) is 12.2 Å². The summed E-state index contributed by atoms with van der Waals surface area (Å²) < 4.78 is 12.7. The zero-order valence-corrected chi connectivity index (χ0v) is 9.38. The number of rotatable bonds is 3. The fourth-order valence-corrected chi connectivity index (χ4v) is 1.48. The molecule has 1 N–H and O–H groups in total. The van der Waals surface area contributed by atoms with Crippen molar-refractivity contribution in [3.05, 3.63) is 65.2 Å². The van der Waals surface area contributed by atoms with Crippen LogP contribution in [0.3, 0.4) is 0 Å². The summed E-state index contributed by atoms with van der Waals surface area (Å²) in [5.41, 5.74) is 1.28. The SMILES string of the molecule is O=C(O)c1cccnc1/C=C/c1ccc(F)cc1. The second-order valence-corrected chi connectivity index (χ2v) is 3.63. The summed E-state index contributed by atoms with van der Waals surface area (Å²) in [5, 5.41) is 8.98. The number of hydrogen-bond acceptors (Lipinski definition) is 2. The molecule has 4 heteroatoms. The number of hydrogen-bond donors (Lipinski definition) is 1. The van der Waals surface area contributed by atoms with Gasteiger partial charge in [0.2, 0.25) is 0 Å². The number of benzene rings is 1. The summed E-state index contributed by atoms with van der Waals surface area (Å²) in [5.74, 6) is -1.34. The predicted octanol–water partition coefficient (Wildman–Crippen LogP) is 3.09. The molecule has 90 valence electrons. The molecular formula is C14H10FNO2. The summed E-state index contributed by atoms with van der Waals surface area (Å²) in [6, 6.07) is 8.95. The molecule has 2 rings (SSSR count). The van der Waals surface area contributed by atoms with Crippen LogP contribution in [0.5, 0.6) is 0 Å². The van der Waals surface area contributed by atoms with Crippen molar-refractivity contribution in [3.8, 4) is 0 Å². The molecule has 0 spiro atoms. The standard InChI is InChI=1S/C14H10FNO2/c15-11-6-3-10(4-7-11)5-8-13-12(14(17)18)2-1-9-16-13/h1-9H,(H,17,18)/b8-5+. The van der Waals surface area contributed by atoms with Crippen molar-refractivity contribution in [1.82, 2.24) is 4.98 Å². The van der Waals surface area contributed by atoms with Gasteiger partial charge < -0.3 is 5.11 Å². The van der Waals surface area contributed by atoms with Crippen molar-refractivity contribution in [2.75, 3.05) is 0 Å². The number of nitrogens with zero attached hydrogens (tertiary/aromatic N) is 1. The number of pyridine rings is 1. The Kier molecular flexibility index (Phi) is 3.48. The molecule has 1 heterocycles. The Morgan fingerprint density at radius 1 is 1.17 bits per heavy atom. The van der Waals surface area contributed by atoms with Crippen molar-refractivity contribution in [3.63, 3.8) is 0 Å². The number of carboxylic acids is 1. The lowest BCUT2D eigenvalue weighted by Gasteiger charge is -1.99. The third-order valence-corrected chi connectivity index (χ3v) is 2.37. The van der Waals surface area contributed by atoms with Gasteiger partial charge in [-0.3, -0.25) is 4.98 Å². The lowest BCUT2D eigenvalue weighted by Crippen LogP contribution is -2.00. The highest BCUT2D eigenvalue weighted by atomic mass is 19.1. The second-order valence-electron chi connectivity index (χ2n) is 3.63. The molecular weight excluding hydrogens is 233 g/mol. The molecule has 0 unspecified atom stereocenters. The summed E-state index contributed by atoms with van der Waals surface area (Å²) in [6.45, 7) is 0. The van der Waals surface area contributed by atoms with E-state index >= 15 is 0 Å². The van der Waals surface area contributed by atoms with Crippen molar-refractivity contribution in [2.45, 2.75) is 0 Å². The third kappa shape index (κ3) is 2.79. The van der Waals surface area contributed by atoms with E-state index in [1.165, 1.54) is 24.4 Å². The topological polar surface area (TPSA) is 50.2 Å². The third-order valence-electron chi connectivity index (χ3n) is 2.37. The molecule has 0 aliphatic carbocycles. The van der Waals surface area contributed by atoms with Crippen LogP contribution >= 0.6 is 0 Å². The van der Waals surface area contributed by atoms with Crippen LogP contribution < -0.4 is 0 Å². The number of carbonyl (C=O) groups is 1. The minimum atomic E-state index is -1.03. The number of halogens is 1. The van der Waals surface area contributed by atoms with Gasteiger partial charge in [0.1, 0.15) is 5.82 Å². The van der Waals surface area contributed by atoms with Gasteiger partial charge in [0.05, 0.1) is 11.3 Å². The van der Waals surface area contributed by atoms with Crippen LogP contribution in [-0.4, -0.2) is 16.1 Å². The van der Waals surface area contributed by atoms with Crippen LogP contribution in [0.2, 0.25) is 0 Å². The molecule has 0 aliphatic rings. The average molecular weight is 243 g/mol. The first-order chi connectivity index (χ1) is 8.66. The van der Waals surface area contributed by atoms with Crippen molar-refractivity contribution in [2.24, 2.45) is 0 Å². The molecule has 2 aromatic rings. The maximum atomic E-state index is 12.7. The maximum Gasteiger partial charge on any atom is 0.337 e. The Morgan fingerprint density at radius 2 is 1.89 bits per heavy atom. The lowest BCUT2D eigenvalue weighted by molar-refractivity contribution is 0.0696. The maximum absolute atomic E-state index is 12.7. The molecule has 0 fully saturated rings. The lowest BCUT2D eigenvalue weighted by atomic mass is 10.1. The smallest absolute Gasteiger partial charge is 0.337 e. The number of aromatic carboxylic acids is 1. The van der Waals surface area contributed by atoms with Crippen LogP contribution in [0.4, 0.5) is 4.39 Å². The van der Waals surface area contributed by atoms with Crippen molar-refractivity contribution in [1.29, 1.82) is 0 Å². The van der Waals surface area contributed by atoms with E-state index in [1.807, 2.05) is 0 Å². The second kappa shape index (κ2) is 5.23. The van der Waals surface area contributed by atoms with E-state index in [2.05, 4.69) is 4.98 Å². The van der Waals surface area contributed by atoms with Crippen LogP contribution in [-0.2, 0) is 0 Å². The molecule has 3 nitrogen and oxygen atoms in total. The van der Waals surface area contributed by atoms with Gasteiger partial charge in [-0.1, -0.05) is 18.2 Å². The zero-order valence-electron chi connectivity index (χ0n) is 9.38. The molecule has 1 aromatic heterocycles. The molecule has 0 atom stereocenters. The summed E-state index contributed by atoms with van der Waals surface area (Å²) in [6.07, 6.45) is 4.81. The van der Waals surface area contributed by atoms with Gasteiger partial charge >= 0.3 is 5.97 Å². The van der Waals surface area contributed by atoms with E-state index in [0.29, 0.717) is 5.69 Å². The highest BCUT2D eigenvalue weighted by molar-refractivity contribution is 5.92. The van der Waals surface area contributed by atoms with E-state index in [9.17, 15) is 9.18 Å². The molecule has 0 radical (unpaired) electrons. The minimum absolute atomic E-state index is 0.135. The summed E-state index contributed by atoms with van der Waals surface area (Å²) >= 11 is 0. The first-order valence-electron chi connectivity index (χ1n) is 5.29. The minimum Gasteiger partial charge on any atom is -0.478 e. The average Bonchev–Trinajstić information content (AvgIpc) is 2.38. The van der Waals surface area contributed by atoms with Crippen molar-refractivity contribution >= 4 is 18.1 Å². The van der Waals surface area contributed by atoms with E-state index < -0.39 is 5.97 Å². The van der Waals surface area contributed by atoms with Gasteiger partial charge in [0.15, 0.2) is 0 Å². The Morgan fingerprint density at radius 3 is 2.56 bits per heavy atom. The summed E-state index contributed by atoms with van der Waals surface area (Å²) in [4.78, 5) is 14.9. The zero-order chi connectivity index (χ0) is 13.0. The highest BCUT2D eigenvalue weighted by Crippen LogP contribution is 2.11. The van der Waals surface area contributed by atoms with Gasteiger partial charge in [-0.2, -0.15) is 0 Å². The van der Waals surface area contributed by atoms with Gasteiger partial charge in [-0.15, -0.1) is 0 Å². The van der Waals surface area contributed by atoms with Gasteiger partial charge in [-0.05, 0) is 35.9 Å². The van der Waals surface area contributed by atoms with Gasteiger partial charge in [0.25, 0.3) is 0 Å².